The van der Waals surface area contributed by atoms with Gasteiger partial charge < -0.3 is 40.2 Å². The molecule has 3 aliphatic heterocycles. The molecule has 20 heteroatoms. The molecule has 0 spiro atoms. The number of carbonyl (C=O) groups is 6. The molecule has 18 nitrogen and oxygen atoms in total. The highest BCUT2D eigenvalue weighted by Crippen LogP contribution is 2.47. The minimum atomic E-state index is -3.94. The Bertz CT molecular complexity index is 1920. The molecule has 0 bridgehead atoms. The SMILES string of the molecule is C=C[C@@H]1C[C@]1(NC(=O)[C@@H]1CC(OC(=O)N2Cc3cccc(F)c3C2)CN1C(=O)[C@H](CNC(=O)[C@@H]1CCC(=O)O1)NC(=O)OC(C)(C)C)C(O)NS(=O)(=O)C1CCC1. The molecule has 2 unspecified atom stereocenters. The number of sulfonamides is 1. The smallest absolute Gasteiger partial charge is 0.410 e. The van der Waals surface area contributed by atoms with Gasteiger partial charge in [0.15, 0.2) is 6.10 Å². The number of carbonyl (C=O) groups excluding carboxylic acids is 6. The van der Waals surface area contributed by atoms with Gasteiger partial charge in [0.05, 0.1) is 23.9 Å². The lowest BCUT2D eigenvalue weighted by molar-refractivity contribution is -0.148. The molecule has 2 saturated heterocycles. The summed E-state index contributed by atoms with van der Waals surface area (Å²) in [5.74, 6) is -4.06. The number of aliphatic hydroxyl groups is 1. The number of hydrogen-bond donors (Lipinski definition) is 5. The van der Waals surface area contributed by atoms with Gasteiger partial charge in [0.25, 0.3) is 5.91 Å². The summed E-state index contributed by atoms with van der Waals surface area (Å²) < 4.78 is 58.8. The number of ether oxygens (including phenoxy) is 3. The topological polar surface area (TPSA) is 239 Å². The highest BCUT2D eigenvalue weighted by Gasteiger charge is 2.61. The highest BCUT2D eigenvalue weighted by atomic mass is 32.2. The van der Waals surface area contributed by atoms with Gasteiger partial charge in [-0.05, 0) is 51.7 Å². The maximum atomic E-state index is 14.5. The second kappa shape index (κ2) is 16.2. The average Bonchev–Trinajstić information content (AvgIpc) is 3.44. The zero-order chi connectivity index (χ0) is 41.4. The third kappa shape index (κ3) is 9.33. The van der Waals surface area contributed by atoms with E-state index in [0.717, 1.165) is 11.3 Å². The molecule has 3 heterocycles. The van der Waals surface area contributed by atoms with Crippen molar-refractivity contribution in [3.63, 3.8) is 0 Å². The number of likely N-dealkylation sites (tertiary alicyclic amines) is 1. The lowest BCUT2D eigenvalue weighted by Gasteiger charge is -2.33. The van der Waals surface area contributed by atoms with Gasteiger partial charge in [-0.3, -0.25) is 24.1 Å². The number of esters is 1. The summed E-state index contributed by atoms with van der Waals surface area (Å²) in [4.78, 5) is 82.0. The van der Waals surface area contributed by atoms with E-state index in [2.05, 4.69) is 27.3 Å². The number of rotatable bonds is 13. The van der Waals surface area contributed by atoms with Crippen LogP contribution in [0.15, 0.2) is 30.9 Å². The number of nitrogens with zero attached hydrogens (tertiary/aromatic N) is 2. The first-order valence-electron chi connectivity index (χ1n) is 18.9. The molecule has 0 radical (unpaired) electrons. The quantitative estimate of drug-likeness (QED) is 0.0805. The van der Waals surface area contributed by atoms with Crippen molar-refractivity contribution in [2.45, 2.75) is 126 Å². The standard InChI is InChI=1S/C37H49FN6O12S/c1-5-21-15-37(21,33(49)42-57(52,53)23-9-7-10-23)41-30(46)27-14-22(54-35(51)43-17-20-8-6-11-25(38)24(20)19-43)18-44(27)32(48)26(40-34(50)56-36(2,3)4)16-39-31(47)28-12-13-29(45)55-28/h5-6,8,11,21-23,26-28,33,42,49H,1,7,9-10,12-19H2,2-4H3,(H,39,47)(H,40,50)(H,41,46)/t21-,22?,26+,27+,28+,33?,37-/m1/s1. The van der Waals surface area contributed by atoms with E-state index in [1.807, 2.05) is 0 Å². The van der Waals surface area contributed by atoms with Crippen LogP contribution in [0, 0.1) is 11.7 Å². The number of hydrogen-bond acceptors (Lipinski definition) is 12. The maximum absolute atomic E-state index is 14.5. The minimum absolute atomic E-state index is 0.0185. The Kier molecular flexibility index (Phi) is 11.9. The van der Waals surface area contributed by atoms with E-state index in [0.29, 0.717) is 24.0 Å². The van der Waals surface area contributed by atoms with E-state index in [-0.39, 0.29) is 45.3 Å². The maximum Gasteiger partial charge on any atom is 0.410 e. The molecule has 2 aliphatic carbocycles. The first kappa shape index (κ1) is 41.8. The van der Waals surface area contributed by atoms with E-state index < -0.39 is 111 Å². The van der Waals surface area contributed by atoms with Crippen molar-refractivity contribution in [2.24, 2.45) is 5.92 Å². The predicted octanol–water partition coefficient (Wildman–Crippen LogP) is 0.814. The molecule has 7 atom stereocenters. The van der Waals surface area contributed by atoms with Gasteiger partial charge in [0.1, 0.15) is 35.8 Å². The Hall–Kier alpha value is -4.82. The van der Waals surface area contributed by atoms with E-state index in [1.54, 1.807) is 26.8 Å². The van der Waals surface area contributed by atoms with Gasteiger partial charge in [-0.25, -0.2) is 22.4 Å². The van der Waals surface area contributed by atoms with Crippen LogP contribution in [0.2, 0.25) is 0 Å². The fourth-order valence-corrected chi connectivity index (χ4v) is 9.12. The number of nitrogens with one attached hydrogen (secondary N) is 4. The van der Waals surface area contributed by atoms with Gasteiger partial charge in [-0.15, -0.1) is 6.58 Å². The van der Waals surface area contributed by atoms with Gasteiger partial charge in [-0.1, -0.05) is 24.6 Å². The molecular formula is C37H49FN6O12S. The average molecular weight is 821 g/mol. The first-order chi connectivity index (χ1) is 26.8. The third-order valence-electron chi connectivity index (χ3n) is 10.9. The normalized spacial score (nSPS) is 26.6. The molecule has 1 aromatic carbocycles. The second-order valence-corrected chi connectivity index (χ2v) is 18.1. The monoisotopic (exact) mass is 820 g/mol. The van der Waals surface area contributed by atoms with Gasteiger partial charge in [0, 0.05) is 43.8 Å². The molecule has 0 aromatic heterocycles. The summed E-state index contributed by atoms with van der Waals surface area (Å²) in [5.41, 5.74) is -1.59. The summed E-state index contributed by atoms with van der Waals surface area (Å²) in [6, 6.07) is 1.52. The van der Waals surface area contributed by atoms with Crippen LogP contribution < -0.4 is 20.7 Å². The molecule has 6 rings (SSSR count). The summed E-state index contributed by atoms with van der Waals surface area (Å²) in [7, 11) is -3.94. The van der Waals surface area contributed by atoms with Crippen LogP contribution in [0.1, 0.15) is 76.8 Å². The summed E-state index contributed by atoms with van der Waals surface area (Å²) in [6.45, 7) is 7.63. The third-order valence-corrected chi connectivity index (χ3v) is 12.8. The first-order valence-corrected chi connectivity index (χ1v) is 20.5. The van der Waals surface area contributed by atoms with Gasteiger partial charge in [-0.2, -0.15) is 4.72 Å². The summed E-state index contributed by atoms with van der Waals surface area (Å²) in [5, 5.41) is 18.2. The van der Waals surface area contributed by atoms with Gasteiger partial charge >= 0.3 is 18.2 Å². The van der Waals surface area contributed by atoms with Crippen LogP contribution in [-0.2, 0) is 56.5 Å². The number of aliphatic hydroxyl groups excluding tert-OH is 1. The number of alkyl carbamates (subject to hydrolysis) is 1. The van der Waals surface area contributed by atoms with E-state index in [1.165, 1.54) is 23.1 Å². The van der Waals surface area contributed by atoms with Crippen molar-refractivity contribution in [1.82, 2.24) is 30.5 Å². The Morgan fingerprint density at radius 3 is 2.47 bits per heavy atom. The molecular weight excluding hydrogens is 772 g/mol. The van der Waals surface area contributed by atoms with E-state index >= 15 is 0 Å². The number of fused-ring (bicyclic) bond motifs is 1. The molecule has 4 fully saturated rings. The number of cyclic esters (lactones) is 1. The Morgan fingerprint density at radius 1 is 1.14 bits per heavy atom. The van der Waals surface area contributed by atoms with Gasteiger partial charge in [0.2, 0.25) is 21.8 Å². The Labute approximate surface area is 329 Å². The largest absolute Gasteiger partial charge is 0.452 e. The Balaban J connectivity index is 1.23. The zero-order valence-corrected chi connectivity index (χ0v) is 32.8. The molecule has 1 aromatic rings. The number of amides is 5. The number of benzene rings is 1. The van der Waals surface area contributed by atoms with Crippen LogP contribution >= 0.6 is 0 Å². The minimum Gasteiger partial charge on any atom is -0.452 e. The van der Waals surface area contributed by atoms with Crippen molar-refractivity contribution in [1.29, 1.82) is 0 Å². The van der Waals surface area contributed by atoms with Crippen molar-refractivity contribution in [3.05, 3.63) is 47.8 Å². The van der Waals surface area contributed by atoms with Crippen LogP contribution in [-0.4, -0.2) is 119 Å². The molecule has 5 aliphatic rings. The van der Waals surface area contributed by atoms with Crippen molar-refractivity contribution >= 4 is 45.9 Å². The lowest BCUT2D eigenvalue weighted by Crippen LogP contribution is -2.61. The van der Waals surface area contributed by atoms with Crippen LogP contribution in [0.4, 0.5) is 14.0 Å². The summed E-state index contributed by atoms with van der Waals surface area (Å²) >= 11 is 0. The molecule has 57 heavy (non-hydrogen) atoms. The molecule has 312 valence electrons. The Morgan fingerprint density at radius 2 is 1.88 bits per heavy atom. The molecule has 5 N–H and O–H groups in total. The second-order valence-electron chi connectivity index (χ2n) is 16.1. The van der Waals surface area contributed by atoms with Crippen LogP contribution in [0.3, 0.4) is 0 Å². The predicted molar refractivity (Wildman–Crippen MR) is 196 cm³/mol. The van der Waals surface area contributed by atoms with Crippen LogP contribution in [0.25, 0.3) is 0 Å². The van der Waals surface area contributed by atoms with Crippen molar-refractivity contribution in [2.75, 3.05) is 13.1 Å². The lowest BCUT2D eigenvalue weighted by atomic mass is 10.0. The van der Waals surface area contributed by atoms with E-state index in [4.69, 9.17) is 14.2 Å². The fourth-order valence-electron chi connectivity index (χ4n) is 7.45. The summed E-state index contributed by atoms with van der Waals surface area (Å²) in [6.07, 6.45) is -2.83. The highest BCUT2D eigenvalue weighted by molar-refractivity contribution is 7.90. The number of halogens is 1. The van der Waals surface area contributed by atoms with Crippen molar-refractivity contribution in [3.8, 4) is 0 Å². The zero-order valence-electron chi connectivity index (χ0n) is 32.0. The fraction of sp³-hybridized carbons (Fsp3) is 0.622. The van der Waals surface area contributed by atoms with Crippen molar-refractivity contribution < 1.29 is 60.9 Å². The van der Waals surface area contributed by atoms with Crippen LogP contribution in [0.5, 0.6) is 0 Å². The molecule has 5 amide bonds. The van der Waals surface area contributed by atoms with E-state index in [9.17, 15) is 46.7 Å². The molecule has 2 saturated carbocycles.